The highest BCUT2D eigenvalue weighted by atomic mass is 14.8. The second kappa shape index (κ2) is 4.94. The van der Waals surface area contributed by atoms with Gasteiger partial charge in [-0.15, -0.1) is 0 Å². The van der Waals surface area contributed by atoms with Crippen molar-refractivity contribution in [2.24, 2.45) is 0 Å². The maximum atomic E-state index is 3.39. The largest absolute Gasteiger partial charge is 0.313 e. The van der Waals surface area contributed by atoms with Crippen LogP contribution in [0.4, 0.5) is 0 Å². The van der Waals surface area contributed by atoms with Crippen LogP contribution in [-0.2, 0) is 6.54 Å². The van der Waals surface area contributed by atoms with Crippen molar-refractivity contribution < 1.29 is 1.43 Å². The molecule has 0 spiro atoms. The molecular formula is C11H19N. The Labute approximate surface area is 76.3 Å². The van der Waals surface area contributed by atoms with E-state index in [0.717, 1.165) is 13.1 Å². The molecule has 0 heterocycles. The first kappa shape index (κ1) is 9.27. The van der Waals surface area contributed by atoms with Gasteiger partial charge in [-0.2, -0.15) is 0 Å². The minimum atomic E-state index is 0. The molecule has 0 unspecified atom stereocenters. The molecule has 68 valence electrons. The third-order valence-electron chi connectivity index (χ3n) is 2.00. The number of nitrogens with one attached hydrogen (secondary N) is 1. The van der Waals surface area contributed by atoms with E-state index < -0.39 is 0 Å². The van der Waals surface area contributed by atoms with Gasteiger partial charge in [0.25, 0.3) is 0 Å². The number of benzene rings is 1. The molecule has 0 atom stereocenters. The van der Waals surface area contributed by atoms with Crippen molar-refractivity contribution in [1.82, 2.24) is 5.32 Å². The van der Waals surface area contributed by atoms with Crippen molar-refractivity contribution >= 4 is 0 Å². The van der Waals surface area contributed by atoms with Crippen LogP contribution in [0.3, 0.4) is 0 Å². The normalized spacial score (nSPS) is 10.2. The molecule has 1 rings (SSSR count). The van der Waals surface area contributed by atoms with Crippen LogP contribution in [0, 0.1) is 6.92 Å². The van der Waals surface area contributed by atoms with Gasteiger partial charge in [-0.25, -0.2) is 0 Å². The summed E-state index contributed by atoms with van der Waals surface area (Å²) in [6, 6.07) is 8.51. The van der Waals surface area contributed by atoms with Crippen LogP contribution in [0.25, 0.3) is 0 Å². The average molecular weight is 165 g/mol. The predicted molar refractivity (Wildman–Crippen MR) is 55.3 cm³/mol. The fraction of sp³-hybridized carbons (Fsp3) is 0.455. The quantitative estimate of drug-likeness (QED) is 0.676. The van der Waals surface area contributed by atoms with Crippen LogP contribution < -0.4 is 5.32 Å². The Hall–Kier alpha value is -0.820. The summed E-state index contributed by atoms with van der Waals surface area (Å²) in [7, 11) is 0. The van der Waals surface area contributed by atoms with Crippen molar-refractivity contribution in [1.29, 1.82) is 0 Å². The number of hydrogen-bond acceptors (Lipinski definition) is 1. The fourth-order valence-electron chi connectivity index (χ4n) is 1.21. The van der Waals surface area contributed by atoms with E-state index in [-0.39, 0.29) is 1.43 Å². The molecule has 1 N–H and O–H groups in total. The van der Waals surface area contributed by atoms with Crippen LogP contribution in [0.1, 0.15) is 25.9 Å². The van der Waals surface area contributed by atoms with E-state index >= 15 is 0 Å². The molecule has 0 radical (unpaired) electrons. The molecule has 0 aliphatic heterocycles. The SMILES string of the molecule is CCCNCc1ccccc1C.[HH]. The van der Waals surface area contributed by atoms with E-state index in [1.807, 2.05) is 0 Å². The zero-order valence-corrected chi connectivity index (χ0v) is 7.93. The molecule has 1 aromatic carbocycles. The molecule has 0 aliphatic carbocycles. The topological polar surface area (TPSA) is 12.0 Å². The molecule has 0 fully saturated rings. The Morgan fingerprint density at radius 2 is 2.08 bits per heavy atom. The van der Waals surface area contributed by atoms with Crippen LogP contribution in [0.5, 0.6) is 0 Å². The number of aryl methyl sites for hydroxylation is 1. The second-order valence-corrected chi connectivity index (χ2v) is 3.10. The Morgan fingerprint density at radius 1 is 1.33 bits per heavy atom. The van der Waals surface area contributed by atoms with Crippen LogP contribution in [0.15, 0.2) is 24.3 Å². The minimum Gasteiger partial charge on any atom is -0.313 e. The molecule has 0 amide bonds. The second-order valence-electron chi connectivity index (χ2n) is 3.10. The van der Waals surface area contributed by atoms with Crippen molar-refractivity contribution in [2.75, 3.05) is 6.54 Å². The van der Waals surface area contributed by atoms with E-state index in [1.54, 1.807) is 0 Å². The zero-order valence-electron chi connectivity index (χ0n) is 7.93. The van der Waals surface area contributed by atoms with Crippen molar-refractivity contribution in [3.63, 3.8) is 0 Å². The Bertz CT molecular complexity index is 235. The van der Waals surface area contributed by atoms with Gasteiger partial charge >= 0.3 is 0 Å². The summed E-state index contributed by atoms with van der Waals surface area (Å²) in [5.74, 6) is 0. The lowest BCUT2D eigenvalue weighted by atomic mass is 10.1. The Balaban J connectivity index is 0.00000144. The number of hydrogen-bond donors (Lipinski definition) is 1. The monoisotopic (exact) mass is 165 g/mol. The molecule has 1 heteroatoms. The highest BCUT2D eigenvalue weighted by Crippen LogP contribution is 2.05. The standard InChI is InChI=1S/C11H17N.H2/c1-3-8-12-9-11-7-5-4-6-10(11)2;/h4-7,12H,3,8-9H2,1-2H3;1H. The van der Waals surface area contributed by atoms with Gasteiger partial charge in [0.05, 0.1) is 0 Å². The zero-order chi connectivity index (χ0) is 8.81. The van der Waals surface area contributed by atoms with E-state index in [2.05, 4.69) is 43.4 Å². The lowest BCUT2D eigenvalue weighted by molar-refractivity contribution is 0.673. The first-order chi connectivity index (χ1) is 5.84. The summed E-state index contributed by atoms with van der Waals surface area (Å²) < 4.78 is 0. The molecule has 0 aliphatic rings. The molecule has 0 aromatic heterocycles. The molecule has 0 saturated heterocycles. The maximum Gasteiger partial charge on any atom is 0.0208 e. The van der Waals surface area contributed by atoms with Crippen LogP contribution in [0.2, 0.25) is 0 Å². The van der Waals surface area contributed by atoms with Gasteiger partial charge in [-0.05, 0) is 31.0 Å². The van der Waals surface area contributed by atoms with E-state index in [0.29, 0.717) is 0 Å². The van der Waals surface area contributed by atoms with Crippen molar-refractivity contribution in [3.8, 4) is 0 Å². The first-order valence-corrected chi connectivity index (χ1v) is 4.60. The summed E-state index contributed by atoms with van der Waals surface area (Å²) >= 11 is 0. The molecular weight excluding hydrogens is 146 g/mol. The Morgan fingerprint density at radius 3 is 2.75 bits per heavy atom. The van der Waals surface area contributed by atoms with Gasteiger partial charge in [-0.1, -0.05) is 31.2 Å². The highest BCUT2D eigenvalue weighted by molar-refractivity contribution is 5.25. The first-order valence-electron chi connectivity index (χ1n) is 4.60. The summed E-state index contributed by atoms with van der Waals surface area (Å²) in [5.41, 5.74) is 2.78. The summed E-state index contributed by atoms with van der Waals surface area (Å²) in [4.78, 5) is 0. The van der Waals surface area contributed by atoms with E-state index in [1.165, 1.54) is 17.5 Å². The van der Waals surface area contributed by atoms with Gasteiger partial charge in [0.15, 0.2) is 0 Å². The number of rotatable bonds is 4. The third kappa shape index (κ3) is 2.67. The summed E-state index contributed by atoms with van der Waals surface area (Å²) in [6.45, 7) is 6.45. The highest BCUT2D eigenvalue weighted by Gasteiger charge is 1.94. The smallest absolute Gasteiger partial charge is 0.0208 e. The average Bonchev–Trinajstić information content (AvgIpc) is 2.09. The fourth-order valence-corrected chi connectivity index (χ4v) is 1.21. The van der Waals surface area contributed by atoms with Gasteiger partial charge < -0.3 is 5.32 Å². The lowest BCUT2D eigenvalue weighted by Crippen LogP contribution is -2.14. The third-order valence-corrected chi connectivity index (χ3v) is 2.00. The van der Waals surface area contributed by atoms with Gasteiger partial charge in [0.1, 0.15) is 0 Å². The van der Waals surface area contributed by atoms with Crippen molar-refractivity contribution in [3.05, 3.63) is 35.4 Å². The maximum absolute atomic E-state index is 3.39. The predicted octanol–water partition coefficient (Wildman–Crippen LogP) is 2.74. The lowest BCUT2D eigenvalue weighted by Gasteiger charge is -2.05. The molecule has 1 nitrogen and oxygen atoms in total. The summed E-state index contributed by atoms with van der Waals surface area (Å²) in [6.07, 6.45) is 1.20. The molecule has 12 heavy (non-hydrogen) atoms. The van der Waals surface area contributed by atoms with Crippen LogP contribution in [-0.4, -0.2) is 6.54 Å². The van der Waals surface area contributed by atoms with E-state index in [9.17, 15) is 0 Å². The molecule has 1 aromatic rings. The van der Waals surface area contributed by atoms with Gasteiger partial charge in [0.2, 0.25) is 0 Å². The minimum absolute atomic E-state index is 0. The van der Waals surface area contributed by atoms with Gasteiger partial charge in [-0.3, -0.25) is 0 Å². The molecule has 0 bridgehead atoms. The van der Waals surface area contributed by atoms with E-state index in [4.69, 9.17) is 0 Å². The Kier molecular flexibility index (Phi) is 3.81. The summed E-state index contributed by atoms with van der Waals surface area (Å²) in [5, 5.41) is 3.39. The van der Waals surface area contributed by atoms with Crippen molar-refractivity contribution in [2.45, 2.75) is 26.8 Å². The van der Waals surface area contributed by atoms with Gasteiger partial charge in [0, 0.05) is 7.97 Å². The van der Waals surface area contributed by atoms with Crippen LogP contribution >= 0.6 is 0 Å². The molecule has 0 saturated carbocycles.